The van der Waals surface area contributed by atoms with Crippen molar-refractivity contribution in [3.63, 3.8) is 0 Å². The van der Waals surface area contributed by atoms with Crippen LogP contribution in [-0.4, -0.2) is 34.8 Å². The Hall–Kier alpha value is -1.03. The topological polar surface area (TPSA) is 49.4 Å². The lowest BCUT2D eigenvalue weighted by Gasteiger charge is -2.48. The van der Waals surface area contributed by atoms with Gasteiger partial charge in [-0.1, -0.05) is 45.4 Å². The molecule has 0 aromatic heterocycles. The SMILES string of the molecule is CCC1(CC)C(=O)NC(C(C)C)C(=O)N1C/C=C/Cl. The summed E-state index contributed by atoms with van der Waals surface area (Å²) in [6, 6.07) is -0.442. The molecule has 0 bridgehead atoms. The maximum absolute atomic E-state index is 12.6. The van der Waals surface area contributed by atoms with Gasteiger partial charge in [0.15, 0.2) is 0 Å². The molecule has 1 atom stereocenters. The van der Waals surface area contributed by atoms with Gasteiger partial charge < -0.3 is 10.2 Å². The first-order valence-electron chi connectivity index (χ1n) is 6.82. The van der Waals surface area contributed by atoms with E-state index in [2.05, 4.69) is 5.32 Å². The molecule has 0 spiro atoms. The third kappa shape index (κ3) is 2.78. The molecule has 0 aromatic carbocycles. The Balaban J connectivity index is 3.17. The first kappa shape index (κ1) is 16.0. The molecule has 1 heterocycles. The van der Waals surface area contributed by atoms with Crippen LogP contribution in [0.25, 0.3) is 0 Å². The number of nitrogens with zero attached hydrogens (tertiary/aromatic N) is 1. The number of rotatable bonds is 5. The fourth-order valence-electron chi connectivity index (χ4n) is 2.65. The van der Waals surface area contributed by atoms with E-state index in [4.69, 9.17) is 11.6 Å². The number of hydrogen-bond donors (Lipinski definition) is 1. The van der Waals surface area contributed by atoms with Gasteiger partial charge in [0.25, 0.3) is 0 Å². The molecule has 1 N–H and O–H groups in total. The van der Waals surface area contributed by atoms with Crippen molar-refractivity contribution in [1.82, 2.24) is 10.2 Å². The monoisotopic (exact) mass is 286 g/mol. The largest absolute Gasteiger partial charge is 0.342 e. The highest BCUT2D eigenvalue weighted by atomic mass is 35.5. The van der Waals surface area contributed by atoms with E-state index in [1.807, 2.05) is 27.7 Å². The van der Waals surface area contributed by atoms with Gasteiger partial charge >= 0.3 is 0 Å². The van der Waals surface area contributed by atoms with Gasteiger partial charge in [0.1, 0.15) is 11.6 Å². The van der Waals surface area contributed by atoms with Crippen LogP contribution in [0, 0.1) is 5.92 Å². The number of hydrogen-bond acceptors (Lipinski definition) is 2. The first-order chi connectivity index (χ1) is 8.94. The Bertz CT molecular complexity index is 376. The number of amides is 2. The van der Waals surface area contributed by atoms with Crippen molar-refractivity contribution in [2.24, 2.45) is 5.92 Å². The molecule has 1 saturated heterocycles. The molecule has 1 rings (SSSR count). The first-order valence-corrected chi connectivity index (χ1v) is 7.25. The van der Waals surface area contributed by atoms with Crippen LogP contribution >= 0.6 is 11.6 Å². The Kier molecular flexibility index (Phi) is 5.41. The van der Waals surface area contributed by atoms with Crippen LogP contribution < -0.4 is 5.32 Å². The summed E-state index contributed by atoms with van der Waals surface area (Å²) < 4.78 is 0. The maximum Gasteiger partial charge on any atom is 0.246 e. The Morgan fingerprint density at radius 2 is 1.95 bits per heavy atom. The van der Waals surface area contributed by atoms with Gasteiger partial charge in [-0.25, -0.2) is 0 Å². The minimum atomic E-state index is -0.751. The summed E-state index contributed by atoms with van der Waals surface area (Å²) >= 11 is 5.56. The average molecular weight is 287 g/mol. The predicted molar refractivity (Wildman–Crippen MR) is 76.8 cm³/mol. The summed E-state index contributed by atoms with van der Waals surface area (Å²) in [7, 11) is 0. The lowest BCUT2D eigenvalue weighted by Crippen LogP contribution is -2.71. The normalized spacial score (nSPS) is 23.3. The second kappa shape index (κ2) is 6.42. The fourth-order valence-corrected chi connectivity index (χ4v) is 2.73. The van der Waals surface area contributed by atoms with Crippen molar-refractivity contribution >= 4 is 23.4 Å². The van der Waals surface area contributed by atoms with E-state index in [1.165, 1.54) is 5.54 Å². The van der Waals surface area contributed by atoms with Crippen LogP contribution in [0.3, 0.4) is 0 Å². The van der Waals surface area contributed by atoms with Crippen LogP contribution in [0.15, 0.2) is 11.6 Å². The molecule has 0 radical (unpaired) electrons. The molecule has 0 aliphatic carbocycles. The van der Waals surface area contributed by atoms with E-state index in [-0.39, 0.29) is 17.7 Å². The van der Waals surface area contributed by atoms with Crippen LogP contribution in [-0.2, 0) is 9.59 Å². The van der Waals surface area contributed by atoms with Gasteiger partial charge in [0.2, 0.25) is 11.8 Å². The number of halogens is 1. The zero-order valence-electron chi connectivity index (χ0n) is 12.1. The third-order valence-electron chi connectivity index (χ3n) is 3.97. The second-order valence-electron chi connectivity index (χ2n) is 5.24. The van der Waals surface area contributed by atoms with E-state index >= 15 is 0 Å². The van der Waals surface area contributed by atoms with Gasteiger partial charge in [-0.05, 0) is 18.8 Å². The average Bonchev–Trinajstić information content (AvgIpc) is 2.39. The number of carbonyl (C=O) groups is 2. The highest BCUT2D eigenvalue weighted by Gasteiger charge is 2.50. The van der Waals surface area contributed by atoms with Crippen molar-refractivity contribution in [3.05, 3.63) is 11.6 Å². The lowest BCUT2D eigenvalue weighted by molar-refractivity contribution is -0.158. The molecule has 4 nitrogen and oxygen atoms in total. The molecular formula is C14H23ClN2O2. The quantitative estimate of drug-likeness (QED) is 0.843. The Labute approximate surface area is 120 Å². The minimum Gasteiger partial charge on any atom is -0.342 e. The van der Waals surface area contributed by atoms with E-state index in [9.17, 15) is 9.59 Å². The van der Waals surface area contributed by atoms with Gasteiger partial charge in [0.05, 0.1) is 0 Å². The zero-order chi connectivity index (χ0) is 14.6. The number of nitrogens with one attached hydrogen (secondary N) is 1. The minimum absolute atomic E-state index is 0.0203. The Morgan fingerprint density at radius 1 is 1.37 bits per heavy atom. The van der Waals surface area contributed by atoms with Crippen molar-refractivity contribution in [3.8, 4) is 0 Å². The van der Waals surface area contributed by atoms with Crippen LogP contribution in [0.1, 0.15) is 40.5 Å². The van der Waals surface area contributed by atoms with Crippen LogP contribution in [0.2, 0.25) is 0 Å². The van der Waals surface area contributed by atoms with E-state index in [0.717, 1.165) is 0 Å². The number of piperazine rings is 1. The van der Waals surface area contributed by atoms with Gasteiger partial charge in [-0.3, -0.25) is 9.59 Å². The van der Waals surface area contributed by atoms with Crippen molar-refractivity contribution in [1.29, 1.82) is 0 Å². The van der Waals surface area contributed by atoms with Crippen molar-refractivity contribution in [2.45, 2.75) is 52.1 Å². The maximum atomic E-state index is 12.6. The Morgan fingerprint density at radius 3 is 2.37 bits per heavy atom. The highest BCUT2D eigenvalue weighted by Crippen LogP contribution is 2.30. The molecule has 2 amide bonds. The smallest absolute Gasteiger partial charge is 0.246 e. The molecule has 0 aromatic rings. The summed E-state index contributed by atoms with van der Waals surface area (Å²) in [6.45, 7) is 8.11. The molecule has 1 aliphatic heterocycles. The summed E-state index contributed by atoms with van der Waals surface area (Å²) in [4.78, 5) is 26.7. The third-order valence-corrected chi connectivity index (χ3v) is 4.15. The standard InChI is InChI=1S/C14H23ClN2O2/c1-5-14(6-2)13(19)16-11(10(3)4)12(18)17(14)9-7-8-15/h7-8,10-11H,5-6,9H2,1-4H3,(H,16,19)/b8-7+. The molecule has 19 heavy (non-hydrogen) atoms. The summed E-state index contributed by atoms with van der Waals surface area (Å²) in [5.74, 6) is -0.00233. The van der Waals surface area contributed by atoms with Crippen LogP contribution in [0.5, 0.6) is 0 Å². The lowest BCUT2D eigenvalue weighted by atomic mass is 9.84. The van der Waals surface area contributed by atoms with Crippen molar-refractivity contribution < 1.29 is 9.59 Å². The van der Waals surface area contributed by atoms with E-state index in [1.54, 1.807) is 11.0 Å². The zero-order valence-corrected chi connectivity index (χ0v) is 12.8. The van der Waals surface area contributed by atoms with Gasteiger partial charge in [-0.15, -0.1) is 0 Å². The number of carbonyl (C=O) groups excluding carboxylic acids is 2. The molecule has 1 unspecified atom stereocenters. The highest BCUT2D eigenvalue weighted by molar-refractivity contribution is 6.25. The summed E-state index contributed by atoms with van der Waals surface area (Å²) in [6.07, 6.45) is 2.90. The molecular weight excluding hydrogens is 264 g/mol. The van der Waals surface area contributed by atoms with Gasteiger partial charge in [0, 0.05) is 12.1 Å². The van der Waals surface area contributed by atoms with E-state index < -0.39 is 11.6 Å². The molecule has 1 fully saturated rings. The second-order valence-corrected chi connectivity index (χ2v) is 5.50. The van der Waals surface area contributed by atoms with Crippen molar-refractivity contribution in [2.75, 3.05) is 6.54 Å². The van der Waals surface area contributed by atoms with E-state index in [0.29, 0.717) is 19.4 Å². The summed E-state index contributed by atoms with van der Waals surface area (Å²) in [5.41, 5.74) is 0.638. The summed E-state index contributed by atoms with van der Waals surface area (Å²) in [5, 5.41) is 2.88. The molecule has 1 aliphatic rings. The predicted octanol–water partition coefficient (Wildman–Crippen LogP) is 2.28. The molecule has 5 heteroatoms. The molecule has 108 valence electrons. The van der Waals surface area contributed by atoms with Crippen LogP contribution in [0.4, 0.5) is 0 Å². The fraction of sp³-hybridized carbons (Fsp3) is 0.714. The molecule has 0 saturated carbocycles. The van der Waals surface area contributed by atoms with Gasteiger partial charge in [-0.2, -0.15) is 0 Å².